The van der Waals surface area contributed by atoms with Crippen molar-refractivity contribution in [3.8, 4) is 0 Å². The van der Waals surface area contributed by atoms with Crippen LogP contribution in [0, 0.1) is 0 Å². The maximum Gasteiger partial charge on any atom is 0.319 e. The third-order valence-electron chi connectivity index (χ3n) is 3.21. The van der Waals surface area contributed by atoms with E-state index in [2.05, 4.69) is 10.1 Å². The summed E-state index contributed by atoms with van der Waals surface area (Å²) in [6.07, 6.45) is 5.47. The molecule has 1 fully saturated rings. The minimum Gasteiger partial charge on any atom is -0.468 e. The Bertz CT molecular complexity index is 275. The summed E-state index contributed by atoms with van der Waals surface area (Å²) >= 11 is 0. The Hall–Kier alpha value is -1.10. The lowest BCUT2D eigenvalue weighted by Gasteiger charge is -2.21. The van der Waals surface area contributed by atoms with Gasteiger partial charge in [0.2, 0.25) is 5.91 Å². The Labute approximate surface area is 109 Å². The Morgan fingerprint density at radius 1 is 1.28 bits per heavy atom. The summed E-state index contributed by atoms with van der Waals surface area (Å²) in [4.78, 5) is 24.9. The molecule has 104 valence electrons. The van der Waals surface area contributed by atoms with Gasteiger partial charge < -0.3 is 10.1 Å². The Balaban J connectivity index is 2.33. The molecule has 0 saturated heterocycles. The molecule has 0 bridgehead atoms. The number of methoxy groups -OCH3 is 1. The molecule has 0 heterocycles. The molecular formula is C13H24N2O3. The van der Waals surface area contributed by atoms with Crippen LogP contribution in [0.15, 0.2) is 0 Å². The smallest absolute Gasteiger partial charge is 0.319 e. The normalized spacial score (nSPS) is 15.9. The van der Waals surface area contributed by atoms with Gasteiger partial charge in [0.05, 0.1) is 20.2 Å². The van der Waals surface area contributed by atoms with Crippen LogP contribution in [-0.2, 0) is 14.3 Å². The molecule has 1 aliphatic carbocycles. The van der Waals surface area contributed by atoms with Crippen molar-refractivity contribution in [1.82, 2.24) is 10.2 Å². The fraction of sp³-hybridized carbons (Fsp3) is 0.846. The molecule has 5 heteroatoms. The van der Waals surface area contributed by atoms with Crippen LogP contribution in [0.4, 0.5) is 0 Å². The number of carbonyl (C=O) groups is 2. The van der Waals surface area contributed by atoms with Crippen LogP contribution in [0.3, 0.4) is 0 Å². The van der Waals surface area contributed by atoms with E-state index in [4.69, 9.17) is 0 Å². The number of esters is 1. The summed E-state index contributed by atoms with van der Waals surface area (Å²) in [6, 6.07) is 0.333. The number of nitrogens with one attached hydrogen (secondary N) is 1. The third-order valence-corrected chi connectivity index (χ3v) is 3.21. The van der Waals surface area contributed by atoms with Gasteiger partial charge in [-0.2, -0.15) is 0 Å². The van der Waals surface area contributed by atoms with Gasteiger partial charge in [0.15, 0.2) is 0 Å². The van der Waals surface area contributed by atoms with Crippen molar-refractivity contribution in [2.24, 2.45) is 0 Å². The predicted octanol–water partition coefficient (Wildman–Crippen LogP) is 0.930. The fourth-order valence-electron chi connectivity index (χ4n) is 2.32. The molecule has 1 amide bonds. The zero-order chi connectivity index (χ0) is 13.4. The molecule has 1 N–H and O–H groups in total. The van der Waals surface area contributed by atoms with Gasteiger partial charge in [-0.05, 0) is 25.8 Å². The molecule has 0 aromatic heterocycles. The number of hydrogen-bond acceptors (Lipinski definition) is 4. The molecule has 5 nitrogen and oxygen atoms in total. The van der Waals surface area contributed by atoms with E-state index in [-0.39, 0.29) is 25.0 Å². The average Bonchev–Trinajstić information content (AvgIpc) is 2.81. The first-order valence-corrected chi connectivity index (χ1v) is 6.74. The highest BCUT2D eigenvalue weighted by atomic mass is 16.5. The molecule has 0 aromatic rings. The molecule has 1 rings (SSSR count). The van der Waals surface area contributed by atoms with Gasteiger partial charge in [-0.25, -0.2) is 0 Å². The molecule has 1 saturated carbocycles. The van der Waals surface area contributed by atoms with Crippen LogP contribution in [0.2, 0.25) is 0 Å². The zero-order valence-corrected chi connectivity index (χ0v) is 11.4. The van der Waals surface area contributed by atoms with Crippen molar-refractivity contribution in [1.29, 1.82) is 0 Å². The molecular weight excluding hydrogens is 232 g/mol. The topological polar surface area (TPSA) is 58.6 Å². The molecule has 0 spiro atoms. The van der Waals surface area contributed by atoms with E-state index in [1.165, 1.54) is 20.0 Å². The molecule has 0 aromatic carbocycles. The van der Waals surface area contributed by atoms with E-state index in [0.29, 0.717) is 6.04 Å². The average molecular weight is 256 g/mol. The zero-order valence-electron chi connectivity index (χ0n) is 11.4. The first-order valence-electron chi connectivity index (χ1n) is 6.74. The first kappa shape index (κ1) is 15.0. The fourth-order valence-corrected chi connectivity index (χ4v) is 2.32. The van der Waals surface area contributed by atoms with Crippen LogP contribution in [0.1, 0.15) is 39.0 Å². The van der Waals surface area contributed by atoms with E-state index in [1.807, 2.05) is 11.8 Å². The Morgan fingerprint density at radius 2 is 1.94 bits per heavy atom. The van der Waals surface area contributed by atoms with E-state index in [1.54, 1.807) is 0 Å². The SMILES string of the molecule is CCCN(CC(=O)NC1CCCC1)CC(=O)OC. The largest absolute Gasteiger partial charge is 0.468 e. The van der Waals surface area contributed by atoms with Gasteiger partial charge in [0.1, 0.15) is 0 Å². The first-order chi connectivity index (χ1) is 8.65. The standard InChI is InChI=1S/C13H24N2O3/c1-3-8-15(10-13(17)18-2)9-12(16)14-11-6-4-5-7-11/h11H,3-10H2,1-2H3,(H,14,16). The van der Waals surface area contributed by atoms with Crippen molar-refractivity contribution >= 4 is 11.9 Å². The lowest BCUT2D eigenvalue weighted by Crippen LogP contribution is -2.43. The van der Waals surface area contributed by atoms with Crippen molar-refractivity contribution < 1.29 is 14.3 Å². The molecule has 18 heavy (non-hydrogen) atoms. The van der Waals surface area contributed by atoms with Crippen LogP contribution in [0.25, 0.3) is 0 Å². The maximum absolute atomic E-state index is 11.8. The highest BCUT2D eigenvalue weighted by Gasteiger charge is 2.19. The van der Waals surface area contributed by atoms with Crippen molar-refractivity contribution in [2.45, 2.75) is 45.1 Å². The van der Waals surface area contributed by atoms with E-state index < -0.39 is 0 Å². The van der Waals surface area contributed by atoms with Gasteiger partial charge in [-0.15, -0.1) is 0 Å². The highest BCUT2D eigenvalue weighted by Crippen LogP contribution is 2.17. The second-order valence-electron chi connectivity index (χ2n) is 4.84. The summed E-state index contributed by atoms with van der Waals surface area (Å²) in [6.45, 7) is 3.22. The minimum absolute atomic E-state index is 0.0132. The number of rotatable bonds is 7. The highest BCUT2D eigenvalue weighted by molar-refractivity contribution is 5.79. The van der Waals surface area contributed by atoms with E-state index in [9.17, 15) is 9.59 Å². The second-order valence-corrected chi connectivity index (χ2v) is 4.84. The number of carbonyl (C=O) groups excluding carboxylic acids is 2. The lowest BCUT2D eigenvalue weighted by molar-refractivity contribution is -0.142. The molecule has 0 atom stereocenters. The van der Waals surface area contributed by atoms with Crippen molar-refractivity contribution in [3.63, 3.8) is 0 Å². The summed E-state index contributed by atoms with van der Waals surface area (Å²) in [5, 5.41) is 3.03. The third kappa shape index (κ3) is 5.49. The number of hydrogen-bond donors (Lipinski definition) is 1. The van der Waals surface area contributed by atoms with Crippen LogP contribution < -0.4 is 5.32 Å². The monoisotopic (exact) mass is 256 g/mol. The molecule has 0 aliphatic heterocycles. The molecule has 1 aliphatic rings. The van der Waals surface area contributed by atoms with Gasteiger partial charge in [-0.3, -0.25) is 14.5 Å². The summed E-state index contributed by atoms with van der Waals surface area (Å²) in [5.74, 6) is -0.281. The van der Waals surface area contributed by atoms with Gasteiger partial charge in [-0.1, -0.05) is 19.8 Å². The van der Waals surface area contributed by atoms with Crippen LogP contribution in [0.5, 0.6) is 0 Å². The van der Waals surface area contributed by atoms with E-state index >= 15 is 0 Å². The Kier molecular flexibility index (Phi) is 6.72. The van der Waals surface area contributed by atoms with E-state index in [0.717, 1.165) is 25.8 Å². The molecule has 0 radical (unpaired) electrons. The predicted molar refractivity (Wildman–Crippen MR) is 69.1 cm³/mol. The van der Waals surface area contributed by atoms with Gasteiger partial charge in [0, 0.05) is 6.04 Å². The lowest BCUT2D eigenvalue weighted by atomic mass is 10.2. The summed E-state index contributed by atoms with van der Waals surface area (Å²) < 4.78 is 4.63. The maximum atomic E-state index is 11.8. The quantitative estimate of drug-likeness (QED) is 0.688. The van der Waals surface area contributed by atoms with Gasteiger partial charge in [0.25, 0.3) is 0 Å². The number of nitrogens with zero attached hydrogens (tertiary/aromatic N) is 1. The number of amides is 1. The van der Waals surface area contributed by atoms with Crippen LogP contribution >= 0.6 is 0 Å². The number of ether oxygens (including phenoxy) is 1. The van der Waals surface area contributed by atoms with Crippen LogP contribution in [-0.4, -0.2) is 49.6 Å². The van der Waals surface area contributed by atoms with Gasteiger partial charge >= 0.3 is 5.97 Å². The summed E-state index contributed by atoms with van der Waals surface area (Å²) in [5.41, 5.74) is 0. The Morgan fingerprint density at radius 3 is 2.50 bits per heavy atom. The summed E-state index contributed by atoms with van der Waals surface area (Å²) in [7, 11) is 1.37. The van der Waals surface area contributed by atoms with Crippen molar-refractivity contribution in [2.75, 3.05) is 26.7 Å². The minimum atomic E-state index is -0.294. The second kappa shape index (κ2) is 8.08. The molecule has 0 unspecified atom stereocenters. The van der Waals surface area contributed by atoms with Crippen molar-refractivity contribution in [3.05, 3.63) is 0 Å².